The van der Waals surface area contributed by atoms with Gasteiger partial charge in [-0.2, -0.15) is 5.10 Å². The Balaban J connectivity index is 1.82. The van der Waals surface area contributed by atoms with Crippen molar-refractivity contribution in [3.8, 4) is 11.5 Å². The molecule has 0 unspecified atom stereocenters. The molecule has 0 aliphatic heterocycles. The normalized spacial score (nSPS) is 10.6. The Morgan fingerprint density at radius 2 is 1.82 bits per heavy atom. The quantitative estimate of drug-likeness (QED) is 0.517. The van der Waals surface area contributed by atoms with Gasteiger partial charge in [0.2, 0.25) is 0 Å². The maximum absolute atomic E-state index is 12.8. The summed E-state index contributed by atoms with van der Waals surface area (Å²) >= 11 is 15.4. The van der Waals surface area contributed by atoms with E-state index in [0.717, 1.165) is 5.56 Å². The van der Waals surface area contributed by atoms with Crippen molar-refractivity contribution >= 4 is 50.9 Å². The molecule has 0 saturated carbocycles. The molecular weight excluding hydrogens is 469 g/mol. The molecule has 0 fully saturated rings. The predicted octanol–water partition coefficient (Wildman–Crippen LogP) is 5.27. The van der Waals surface area contributed by atoms with E-state index in [0.29, 0.717) is 43.9 Å². The smallest absolute Gasteiger partial charge is 0.264 e. The lowest BCUT2D eigenvalue weighted by Gasteiger charge is -2.12. The second-order valence-corrected chi connectivity index (χ2v) is 7.43. The third kappa shape index (κ3) is 4.43. The lowest BCUT2D eigenvalue weighted by Crippen LogP contribution is -2.15. The standard InChI is InChI=1S/C19H16BrCl2N3O3/c1-27-15-4-3-5-16(28-2)17(15)19(26)23-18-12(20)10-25(24-18)9-11-6-7-13(21)14(22)8-11/h3-8,10H,9H2,1-2H3,(H,23,24,26). The van der Waals surface area contributed by atoms with Crippen molar-refractivity contribution in [1.29, 1.82) is 0 Å². The molecule has 6 nitrogen and oxygen atoms in total. The topological polar surface area (TPSA) is 65.4 Å². The number of nitrogens with one attached hydrogen (secondary N) is 1. The van der Waals surface area contributed by atoms with Gasteiger partial charge in [0, 0.05) is 6.20 Å². The summed E-state index contributed by atoms with van der Waals surface area (Å²) in [6, 6.07) is 10.5. The highest BCUT2D eigenvalue weighted by atomic mass is 79.9. The number of carbonyl (C=O) groups is 1. The van der Waals surface area contributed by atoms with Crippen LogP contribution >= 0.6 is 39.1 Å². The van der Waals surface area contributed by atoms with Crippen LogP contribution in [0.2, 0.25) is 10.0 Å². The number of carbonyl (C=O) groups excluding carboxylic acids is 1. The second-order valence-electron chi connectivity index (χ2n) is 5.76. The minimum Gasteiger partial charge on any atom is -0.496 e. The summed E-state index contributed by atoms with van der Waals surface area (Å²) in [5.74, 6) is 0.791. The molecule has 2 aromatic carbocycles. The molecule has 0 atom stereocenters. The van der Waals surface area contributed by atoms with E-state index in [2.05, 4.69) is 26.3 Å². The first-order chi connectivity index (χ1) is 13.4. The van der Waals surface area contributed by atoms with Crippen LogP contribution in [0.1, 0.15) is 15.9 Å². The van der Waals surface area contributed by atoms with Crippen LogP contribution in [0.15, 0.2) is 47.1 Å². The van der Waals surface area contributed by atoms with Gasteiger partial charge in [0.25, 0.3) is 5.91 Å². The van der Waals surface area contributed by atoms with Gasteiger partial charge in [-0.15, -0.1) is 0 Å². The van der Waals surface area contributed by atoms with Gasteiger partial charge in [-0.1, -0.05) is 35.3 Å². The van der Waals surface area contributed by atoms with Crippen molar-refractivity contribution < 1.29 is 14.3 Å². The molecule has 0 bridgehead atoms. The Bertz CT molecular complexity index is 1000. The monoisotopic (exact) mass is 483 g/mol. The van der Waals surface area contributed by atoms with Gasteiger partial charge >= 0.3 is 0 Å². The molecule has 1 aromatic heterocycles. The number of hydrogen-bond acceptors (Lipinski definition) is 4. The van der Waals surface area contributed by atoms with E-state index in [1.54, 1.807) is 41.2 Å². The lowest BCUT2D eigenvalue weighted by atomic mass is 10.1. The van der Waals surface area contributed by atoms with Crippen LogP contribution in [-0.2, 0) is 6.54 Å². The highest BCUT2D eigenvalue weighted by molar-refractivity contribution is 9.10. The maximum Gasteiger partial charge on any atom is 0.264 e. The lowest BCUT2D eigenvalue weighted by molar-refractivity contribution is 0.102. The van der Waals surface area contributed by atoms with Gasteiger partial charge in [0.05, 0.1) is 35.3 Å². The molecule has 3 rings (SSSR count). The second kappa shape index (κ2) is 8.86. The minimum atomic E-state index is -0.394. The fourth-order valence-corrected chi connectivity index (χ4v) is 3.37. The van der Waals surface area contributed by atoms with E-state index in [1.165, 1.54) is 14.2 Å². The number of ether oxygens (including phenoxy) is 2. The largest absolute Gasteiger partial charge is 0.496 e. The molecule has 3 aromatic rings. The minimum absolute atomic E-state index is 0.290. The average molecular weight is 485 g/mol. The molecule has 146 valence electrons. The van der Waals surface area contributed by atoms with Crippen molar-refractivity contribution in [3.63, 3.8) is 0 Å². The first kappa shape index (κ1) is 20.5. The summed E-state index contributed by atoms with van der Waals surface area (Å²) in [6.07, 6.45) is 1.76. The summed E-state index contributed by atoms with van der Waals surface area (Å²) in [4.78, 5) is 12.8. The molecular formula is C19H16BrCl2N3O3. The van der Waals surface area contributed by atoms with Crippen LogP contribution in [0.25, 0.3) is 0 Å². The zero-order valence-electron chi connectivity index (χ0n) is 15.0. The van der Waals surface area contributed by atoms with Gasteiger partial charge < -0.3 is 14.8 Å². The van der Waals surface area contributed by atoms with Crippen molar-refractivity contribution in [2.45, 2.75) is 6.54 Å². The number of aromatic nitrogens is 2. The highest BCUT2D eigenvalue weighted by Crippen LogP contribution is 2.30. The highest BCUT2D eigenvalue weighted by Gasteiger charge is 2.20. The molecule has 1 heterocycles. The van der Waals surface area contributed by atoms with Gasteiger partial charge in [0.1, 0.15) is 17.1 Å². The van der Waals surface area contributed by atoms with Crippen LogP contribution in [0.3, 0.4) is 0 Å². The molecule has 0 radical (unpaired) electrons. The number of benzene rings is 2. The van der Waals surface area contributed by atoms with E-state index in [4.69, 9.17) is 32.7 Å². The maximum atomic E-state index is 12.8. The summed E-state index contributed by atoms with van der Waals surface area (Å²) in [5.41, 5.74) is 1.21. The molecule has 28 heavy (non-hydrogen) atoms. The molecule has 0 spiro atoms. The van der Waals surface area contributed by atoms with E-state index in [1.807, 2.05) is 6.07 Å². The van der Waals surface area contributed by atoms with Crippen molar-refractivity contribution in [3.05, 3.63) is 68.2 Å². The first-order valence-corrected chi connectivity index (χ1v) is 9.67. The Hall–Kier alpha value is -2.22. The average Bonchev–Trinajstić information content (AvgIpc) is 3.02. The molecule has 9 heteroatoms. The zero-order valence-corrected chi connectivity index (χ0v) is 18.1. The Labute approximate surface area is 180 Å². The van der Waals surface area contributed by atoms with E-state index in [-0.39, 0.29) is 0 Å². The third-order valence-corrected chi connectivity index (χ3v) is 5.25. The van der Waals surface area contributed by atoms with Crippen LogP contribution in [0.4, 0.5) is 5.82 Å². The van der Waals surface area contributed by atoms with Crippen LogP contribution in [0, 0.1) is 0 Å². The number of nitrogens with zero attached hydrogens (tertiary/aromatic N) is 2. The molecule has 0 aliphatic rings. The number of anilines is 1. The molecule has 1 N–H and O–H groups in total. The van der Waals surface area contributed by atoms with E-state index in [9.17, 15) is 4.79 Å². The van der Waals surface area contributed by atoms with Gasteiger partial charge in [-0.3, -0.25) is 9.48 Å². The number of rotatable bonds is 6. The molecule has 0 aliphatic carbocycles. The van der Waals surface area contributed by atoms with Gasteiger partial charge in [-0.25, -0.2) is 0 Å². The van der Waals surface area contributed by atoms with Crippen LogP contribution in [0.5, 0.6) is 11.5 Å². The fraction of sp³-hybridized carbons (Fsp3) is 0.158. The SMILES string of the molecule is COc1cccc(OC)c1C(=O)Nc1nn(Cc2ccc(Cl)c(Cl)c2)cc1Br. The summed E-state index contributed by atoms with van der Waals surface area (Å²) in [6.45, 7) is 0.462. The molecule has 0 saturated heterocycles. The van der Waals surface area contributed by atoms with Gasteiger partial charge in [-0.05, 0) is 45.8 Å². The Morgan fingerprint density at radius 3 is 2.43 bits per heavy atom. The number of methoxy groups -OCH3 is 2. The predicted molar refractivity (Wildman–Crippen MR) is 113 cm³/mol. The summed E-state index contributed by atoms with van der Waals surface area (Å²) < 4.78 is 12.9. The third-order valence-electron chi connectivity index (χ3n) is 3.93. The first-order valence-electron chi connectivity index (χ1n) is 8.12. The molecule has 1 amide bonds. The fourth-order valence-electron chi connectivity index (χ4n) is 2.63. The Kier molecular flexibility index (Phi) is 6.49. The van der Waals surface area contributed by atoms with E-state index >= 15 is 0 Å². The van der Waals surface area contributed by atoms with Crippen LogP contribution < -0.4 is 14.8 Å². The number of hydrogen-bond donors (Lipinski definition) is 1. The van der Waals surface area contributed by atoms with Crippen LogP contribution in [-0.4, -0.2) is 29.9 Å². The Morgan fingerprint density at radius 1 is 1.14 bits per heavy atom. The number of halogens is 3. The summed E-state index contributed by atoms with van der Waals surface area (Å²) in [5, 5.41) is 8.16. The van der Waals surface area contributed by atoms with Gasteiger partial charge in [0.15, 0.2) is 5.82 Å². The summed E-state index contributed by atoms with van der Waals surface area (Å²) in [7, 11) is 2.99. The van der Waals surface area contributed by atoms with Crippen molar-refractivity contribution in [2.24, 2.45) is 0 Å². The van der Waals surface area contributed by atoms with Crippen molar-refractivity contribution in [2.75, 3.05) is 19.5 Å². The zero-order chi connectivity index (χ0) is 20.3. The van der Waals surface area contributed by atoms with Crippen molar-refractivity contribution in [1.82, 2.24) is 9.78 Å². The van der Waals surface area contributed by atoms with E-state index < -0.39 is 5.91 Å². The number of amides is 1.